The van der Waals surface area contributed by atoms with E-state index >= 15 is 0 Å². The van der Waals surface area contributed by atoms with Crippen molar-refractivity contribution in [3.8, 4) is 0 Å². The lowest BCUT2D eigenvalue weighted by molar-refractivity contribution is -0.192. The molecule has 1 atom stereocenters. The molecule has 0 bridgehead atoms. The van der Waals surface area contributed by atoms with Gasteiger partial charge in [-0.05, 0) is 37.8 Å². The van der Waals surface area contributed by atoms with Gasteiger partial charge < -0.3 is 10.0 Å². The fourth-order valence-corrected chi connectivity index (χ4v) is 4.62. The lowest BCUT2D eigenvalue weighted by atomic mass is 9.87. The molecular formula is C23H29F3N4O3. The number of aromatic nitrogens is 2. The minimum Gasteiger partial charge on any atom is -0.475 e. The zero-order valence-electron chi connectivity index (χ0n) is 18.6. The molecule has 1 unspecified atom stereocenters. The van der Waals surface area contributed by atoms with Crippen molar-refractivity contribution in [3.63, 3.8) is 0 Å². The predicted molar refractivity (Wildman–Crippen MR) is 115 cm³/mol. The van der Waals surface area contributed by atoms with Crippen LogP contribution in [0.25, 0.3) is 0 Å². The minimum absolute atomic E-state index is 0.0522. The number of amides is 1. The van der Waals surface area contributed by atoms with E-state index in [9.17, 15) is 18.0 Å². The molecule has 2 fully saturated rings. The van der Waals surface area contributed by atoms with E-state index in [0.717, 1.165) is 51.9 Å². The maximum Gasteiger partial charge on any atom is 0.490 e. The quantitative estimate of drug-likeness (QED) is 0.745. The maximum absolute atomic E-state index is 12.6. The van der Waals surface area contributed by atoms with Crippen LogP contribution in [0.4, 0.5) is 13.2 Å². The van der Waals surface area contributed by atoms with Gasteiger partial charge in [0, 0.05) is 50.4 Å². The Morgan fingerprint density at radius 3 is 2.39 bits per heavy atom. The smallest absolute Gasteiger partial charge is 0.475 e. The number of benzene rings is 1. The van der Waals surface area contributed by atoms with Crippen LogP contribution in [0, 0.1) is 0 Å². The van der Waals surface area contributed by atoms with E-state index in [4.69, 9.17) is 9.90 Å². The summed E-state index contributed by atoms with van der Waals surface area (Å²) in [6.45, 7) is 3.86. The van der Waals surface area contributed by atoms with Gasteiger partial charge in [0.25, 0.3) is 0 Å². The van der Waals surface area contributed by atoms with Crippen molar-refractivity contribution >= 4 is 11.9 Å². The average molecular weight is 467 g/mol. The van der Waals surface area contributed by atoms with E-state index in [1.165, 1.54) is 11.1 Å². The van der Waals surface area contributed by atoms with Gasteiger partial charge in [0.2, 0.25) is 5.91 Å². The summed E-state index contributed by atoms with van der Waals surface area (Å²) in [5.74, 6) is -2.43. The third kappa shape index (κ3) is 6.56. The van der Waals surface area contributed by atoms with Gasteiger partial charge in [0.05, 0.1) is 6.20 Å². The topological polar surface area (TPSA) is 78.7 Å². The van der Waals surface area contributed by atoms with E-state index in [1.54, 1.807) is 0 Å². The Bertz CT molecular complexity index is 948. The van der Waals surface area contributed by atoms with Crippen molar-refractivity contribution in [1.29, 1.82) is 0 Å². The number of alkyl halides is 3. The molecule has 0 radical (unpaired) electrons. The average Bonchev–Trinajstić information content (AvgIpc) is 3.22. The Morgan fingerprint density at radius 1 is 1.09 bits per heavy atom. The third-order valence-corrected chi connectivity index (χ3v) is 6.28. The molecule has 7 nitrogen and oxygen atoms in total. The lowest BCUT2D eigenvalue weighted by Crippen LogP contribution is -2.45. The second-order valence-corrected chi connectivity index (χ2v) is 8.64. The zero-order chi connectivity index (χ0) is 24.1. The summed E-state index contributed by atoms with van der Waals surface area (Å²) in [4.78, 5) is 26.3. The first-order valence-corrected chi connectivity index (χ1v) is 10.9. The van der Waals surface area contributed by atoms with Crippen molar-refractivity contribution in [1.82, 2.24) is 19.6 Å². The molecule has 3 heterocycles. The number of aliphatic carboxylic acids is 1. The zero-order valence-corrected chi connectivity index (χ0v) is 18.6. The van der Waals surface area contributed by atoms with Crippen molar-refractivity contribution in [3.05, 3.63) is 53.9 Å². The van der Waals surface area contributed by atoms with Gasteiger partial charge in [-0.1, -0.05) is 30.3 Å². The van der Waals surface area contributed by atoms with E-state index in [0.29, 0.717) is 12.3 Å². The van der Waals surface area contributed by atoms with Crippen molar-refractivity contribution in [2.75, 3.05) is 13.1 Å². The molecule has 2 aliphatic rings. The van der Waals surface area contributed by atoms with Gasteiger partial charge in [-0.3, -0.25) is 14.4 Å². The molecule has 2 saturated heterocycles. The first kappa shape index (κ1) is 24.8. The number of carboxylic acid groups (broad SMARTS) is 1. The molecule has 0 saturated carbocycles. The molecule has 1 spiro atoms. The summed E-state index contributed by atoms with van der Waals surface area (Å²) in [6, 6.07) is 10.4. The van der Waals surface area contributed by atoms with Gasteiger partial charge in [-0.15, -0.1) is 0 Å². The van der Waals surface area contributed by atoms with Crippen LogP contribution < -0.4 is 0 Å². The first-order valence-electron chi connectivity index (χ1n) is 10.9. The molecule has 1 amide bonds. The van der Waals surface area contributed by atoms with Crippen LogP contribution in [-0.4, -0.2) is 61.4 Å². The Morgan fingerprint density at radius 2 is 1.79 bits per heavy atom. The highest BCUT2D eigenvalue weighted by Crippen LogP contribution is 2.40. The van der Waals surface area contributed by atoms with Crippen molar-refractivity contribution < 1.29 is 27.9 Å². The molecule has 0 aliphatic carbocycles. The van der Waals surface area contributed by atoms with Crippen LogP contribution >= 0.6 is 0 Å². The van der Waals surface area contributed by atoms with Crippen molar-refractivity contribution in [2.45, 2.75) is 56.9 Å². The number of hydrogen-bond donors (Lipinski definition) is 1. The third-order valence-electron chi connectivity index (χ3n) is 6.28. The van der Waals surface area contributed by atoms with Crippen LogP contribution in [0.15, 0.2) is 42.7 Å². The van der Waals surface area contributed by atoms with Crippen LogP contribution in [0.2, 0.25) is 0 Å². The largest absolute Gasteiger partial charge is 0.490 e. The summed E-state index contributed by atoms with van der Waals surface area (Å²) in [7, 11) is 1.96. The number of halogens is 3. The maximum atomic E-state index is 12.6. The lowest BCUT2D eigenvalue weighted by Gasteiger charge is -2.38. The highest BCUT2D eigenvalue weighted by atomic mass is 19.4. The number of likely N-dealkylation sites (tertiary alicyclic amines) is 2. The summed E-state index contributed by atoms with van der Waals surface area (Å²) in [6.07, 6.45) is 4.04. The monoisotopic (exact) mass is 466 g/mol. The Balaban J connectivity index is 0.000000383. The number of nitrogens with zero attached hydrogens (tertiary/aromatic N) is 4. The molecule has 10 heteroatoms. The molecule has 1 aromatic carbocycles. The summed E-state index contributed by atoms with van der Waals surface area (Å²) >= 11 is 0. The number of rotatable bonds is 4. The van der Waals surface area contributed by atoms with E-state index < -0.39 is 12.1 Å². The molecule has 2 aromatic rings. The van der Waals surface area contributed by atoms with Gasteiger partial charge in [0.15, 0.2) is 0 Å². The Hall–Kier alpha value is -2.88. The number of aryl methyl sites for hydroxylation is 1. The molecular weight excluding hydrogens is 437 g/mol. The second kappa shape index (κ2) is 10.4. The Labute approximate surface area is 190 Å². The molecule has 1 aromatic heterocycles. The second-order valence-electron chi connectivity index (χ2n) is 8.64. The molecule has 2 aliphatic heterocycles. The van der Waals surface area contributed by atoms with Crippen LogP contribution in [0.5, 0.6) is 0 Å². The number of carbonyl (C=O) groups excluding carboxylic acids is 1. The van der Waals surface area contributed by atoms with E-state index in [1.807, 2.05) is 24.0 Å². The number of carboxylic acids is 1. The first-order chi connectivity index (χ1) is 15.6. The van der Waals surface area contributed by atoms with Gasteiger partial charge >= 0.3 is 12.1 Å². The van der Waals surface area contributed by atoms with Gasteiger partial charge in [-0.2, -0.15) is 18.3 Å². The molecule has 180 valence electrons. The van der Waals surface area contributed by atoms with Gasteiger partial charge in [-0.25, -0.2) is 4.79 Å². The SMILES string of the molecule is Cn1cc(CN2CCCC3(CCC(=O)N3Cc3ccccc3)CC2)cn1.O=C(O)C(F)(F)F. The fourth-order valence-electron chi connectivity index (χ4n) is 4.62. The summed E-state index contributed by atoms with van der Waals surface area (Å²) in [5.41, 5.74) is 2.56. The van der Waals surface area contributed by atoms with Crippen molar-refractivity contribution in [2.24, 2.45) is 7.05 Å². The van der Waals surface area contributed by atoms with E-state index in [-0.39, 0.29) is 5.54 Å². The van der Waals surface area contributed by atoms with Crippen LogP contribution in [0.1, 0.15) is 43.2 Å². The van der Waals surface area contributed by atoms with Crippen LogP contribution in [0.3, 0.4) is 0 Å². The molecule has 4 rings (SSSR count). The summed E-state index contributed by atoms with van der Waals surface area (Å²) in [5, 5.41) is 11.4. The van der Waals surface area contributed by atoms with Crippen LogP contribution in [-0.2, 0) is 29.7 Å². The van der Waals surface area contributed by atoms with Gasteiger partial charge in [0.1, 0.15) is 0 Å². The standard InChI is InChI=1S/C21H28N4O.C2HF3O2/c1-23-15-19(14-22-23)16-24-12-5-9-21(11-13-24)10-8-20(26)25(21)17-18-6-3-2-4-7-18;3-2(4,5)1(6)7/h2-4,6-7,14-15H,5,8-13,16-17H2,1H3;(H,6,7). The van der Waals surface area contributed by atoms with E-state index in [2.05, 4.69) is 45.4 Å². The highest BCUT2D eigenvalue weighted by molar-refractivity contribution is 5.79. The molecule has 1 N–H and O–H groups in total. The minimum atomic E-state index is -5.08. The predicted octanol–water partition coefficient (Wildman–Crippen LogP) is 3.60. The summed E-state index contributed by atoms with van der Waals surface area (Å²) < 4.78 is 33.6. The number of carbonyl (C=O) groups is 2. The highest BCUT2D eigenvalue weighted by Gasteiger charge is 2.45. The Kier molecular flexibility index (Phi) is 7.78. The normalized spacial score (nSPS) is 21.6. The number of hydrogen-bond acceptors (Lipinski definition) is 4. The molecule has 33 heavy (non-hydrogen) atoms. The fraction of sp³-hybridized carbons (Fsp3) is 0.522.